The second-order valence-corrected chi connectivity index (χ2v) is 8.73. The number of hydrogen-bond donors (Lipinski definition) is 4. The van der Waals surface area contributed by atoms with Gasteiger partial charge < -0.3 is 30.9 Å². The zero-order valence-electron chi connectivity index (χ0n) is 19.8. The summed E-state index contributed by atoms with van der Waals surface area (Å²) in [6, 6.07) is 7.71. The van der Waals surface area contributed by atoms with E-state index in [1.165, 1.54) is 0 Å². The number of benzene rings is 1. The Morgan fingerprint density at radius 1 is 1.09 bits per heavy atom. The van der Waals surface area contributed by atoms with E-state index < -0.39 is 11.7 Å². The van der Waals surface area contributed by atoms with Gasteiger partial charge in [0.25, 0.3) is 0 Å². The van der Waals surface area contributed by atoms with Crippen LogP contribution < -0.4 is 21.3 Å². The second-order valence-electron chi connectivity index (χ2n) is 8.73. The fourth-order valence-electron chi connectivity index (χ4n) is 3.18. The minimum absolute atomic E-state index is 0.0434. The summed E-state index contributed by atoms with van der Waals surface area (Å²) in [5.74, 6) is 0.705. The number of likely N-dealkylation sites (tertiary alicyclic amines) is 1. The van der Waals surface area contributed by atoms with E-state index in [0.29, 0.717) is 25.6 Å². The number of carbonyl (C=O) groups is 2. The van der Waals surface area contributed by atoms with Crippen molar-refractivity contribution in [1.82, 2.24) is 20.9 Å². The number of ether oxygens (including phenoxy) is 1. The van der Waals surface area contributed by atoms with Gasteiger partial charge in [-0.3, -0.25) is 0 Å². The van der Waals surface area contributed by atoms with Crippen LogP contribution in [0.15, 0.2) is 29.3 Å². The largest absolute Gasteiger partial charge is 0.444 e. The molecule has 0 unspecified atom stereocenters. The number of amides is 3. The van der Waals surface area contributed by atoms with Gasteiger partial charge in [-0.05, 0) is 64.7 Å². The topological polar surface area (TPSA) is 107 Å². The third-order valence-corrected chi connectivity index (χ3v) is 4.65. The Labute approximate surface area is 191 Å². The summed E-state index contributed by atoms with van der Waals surface area (Å²) in [7, 11) is 0. The minimum Gasteiger partial charge on any atom is -0.444 e. The second kappa shape index (κ2) is 12.8. The van der Waals surface area contributed by atoms with E-state index in [1.807, 2.05) is 56.9 Å². The van der Waals surface area contributed by atoms with E-state index in [4.69, 9.17) is 4.74 Å². The molecule has 0 radical (unpaired) electrons. The molecule has 1 aliphatic rings. The van der Waals surface area contributed by atoms with E-state index in [1.54, 1.807) is 0 Å². The molecule has 1 aromatic carbocycles. The van der Waals surface area contributed by atoms with Crippen LogP contribution in [0.1, 0.15) is 52.5 Å². The summed E-state index contributed by atoms with van der Waals surface area (Å²) >= 11 is 0. The summed E-state index contributed by atoms with van der Waals surface area (Å²) in [4.78, 5) is 30.4. The van der Waals surface area contributed by atoms with Crippen LogP contribution in [0.2, 0.25) is 0 Å². The third kappa shape index (κ3) is 9.89. The molecule has 0 atom stereocenters. The van der Waals surface area contributed by atoms with Gasteiger partial charge in [0, 0.05) is 38.4 Å². The maximum Gasteiger partial charge on any atom is 0.407 e. The van der Waals surface area contributed by atoms with Crippen LogP contribution >= 0.6 is 0 Å². The molecule has 0 aromatic heterocycles. The first-order chi connectivity index (χ1) is 15.3. The van der Waals surface area contributed by atoms with Gasteiger partial charge in [-0.1, -0.05) is 12.1 Å². The zero-order valence-corrected chi connectivity index (χ0v) is 19.8. The summed E-state index contributed by atoms with van der Waals surface area (Å²) in [5, 5.41) is 12.2. The number of alkyl carbamates (subject to hydrolysis) is 1. The number of nitrogens with one attached hydrogen (secondary N) is 4. The van der Waals surface area contributed by atoms with Crippen LogP contribution in [0.4, 0.5) is 15.3 Å². The summed E-state index contributed by atoms with van der Waals surface area (Å²) in [6.45, 7) is 11.6. The van der Waals surface area contributed by atoms with Crippen molar-refractivity contribution in [3.05, 3.63) is 29.8 Å². The first-order valence-corrected chi connectivity index (χ1v) is 11.4. The van der Waals surface area contributed by atoms with Crippen molar-refractivity contribution in [2.24, 2.45) is 4.99 Å². The molecule has 32 heavy (non-hydrogen) atoms. The number of nitrogens with zero attached hydrogens (tertiary/aromatic N) is 2. The van der Waals surface area contributed by atoms with E-state index in [0.717, 1.165) is 50.1 Å². The highest BCUT2D eigenvalue weighted by atomic mass is 16.6. The highest BCUT2D eigenvalue weighted by molar-refractivity contribution is 5.89. The molecule has 9 nitrogen and oxygen atoms in total. The quantitative estimate of drug-likeness (QED) is 0.278. The Bertz CT molecular complexity index is 769. The molecule has 1 aliphatic heterocycles. The molecule has 9 heteroatoms. The van der Waals surface area contributed by atoms with Crippen LogP contribution in [0.25, 0.3) is 0 Å². The molecule has 4 N–H and O–H groups in total. The number of urea groups is 1. The number of carbonyl (C=O) groups excluding carboxylic acids is 2. The predicted octanol–water partition coefficient (Wildman–Crippen LogP) is 3.28. The lowest BCUT2D eigenvalue weighted by Gasteiger charge is -2.19. The molecule has 178 valence electrons. The number of rotatable bonds is 8. The highest BCUT2D eigenvalue weighted by Crippen LogP contribution is 2.14. The lowest BCUT2D eigenvalue weighted by atomic mass is 10.2. The maximum atomic E-state index is 12.3. The molecule has 0 spiro atoms. The van der Waals surface area contributed by atoms with Gasteiger partial charge in [0.05, 0.1) is 6.54 Å². The zero-order chi connectivity index (χ0) is 23.4. The fraction of sp³-hybridized carbons (Fsp3) is 0.609. The number of aliphatic imine (C=N–C) groups is 1. The molecule has 0 bridgehead atoms. The van der Waals surface area contributed by atoms with Crippen molar-refractivity contribution in [2.45, 2.75) is 59.1 Å². The predicted molar refractivity (Wildman–Crippen MR) is 128 cm³/mol. The van der Waals surface area contributed by atoms with E-state index in [2.05, 4.69) is 26.3 Å². The van der Waals surface area contributed by atoms with E-state index in [9.17, 15) is 9.59 Å². The van der Waals surface area contributed by atoms with Crippen LogP contribution in [0.3, 0.4) is 0 Å². The average Bonchev–Trinajstić information content (AvgIpc) is 3.26. The Hall–Kier alpha value is -2.97. The number of anilines is 1. The molecule has 0 aliphatic carbocycles. The van der Waals surface area contributed by atoms with Crippen LogP contribution in [-0.4, -0.2) is 61.3 Å². The first-order valence-electron chi connectivity index (χ1n) is 11.4. The molecular weight excluding hydrogens is 408 g/mol. The monoisotopic (exact) mass is 446 g/mol. The Kier molecular flexibility index (Phi) is 10.1. The van der Waals surface area contributed by atoms with E-state index in [-0.39, 0.29) is 6.03 Å². The van der Waals surface area contributed by atoms with Gasteiger partial charge in [-0.15, -0.1) is 0 Å². The van der Waals surface area contributed by atoms with Gasteiger partial charge >= 0.3 is 12.1 Å². The third-order valence-electron chi connectivity index (χ3n) is 4.65. The van der Waals surface area contributed by atoms with Gasteiger partial charge in [0.2, 0.25) is 0 Å². The van der Waals surface area contributed by atoms with E-state index >= 15 is 0 Å². The first kappa shape index (κ1) is 25.3. The molecular formula is C23H38N6O3. The minimum atomic E-state index is -0.499. The normalized spacial score (nSPS) is 14.1. The maximum absolute atomic E-state index is 12.3. The Morgan fingerprint density at radius 3 is 2.50 bits per heavy atom. The van der Waals surface area contributed by atoms with Crippen LogP contribution in [0.5, 0.6) is 0 Å². The standard InChI is InChI=1S/C23H38N6O3/c1-5-24-20(25-12-9-13-26-22(31)32-23(2,3)4)27-17-18-10-8-11-19(16-18)28-21(30)29-14-6-7-15-29/h8,10-11,16H,5-7,9,12-15,17H2,1-4H3,(H,26,31)(H,28,30)(H2,24,25,27). The lowest BCUT2D eigenvalue weighted by molar-refractivity contribution is 0.0527. The molecule has 3 amide bonds. The molecule has 1 saturated heterocycles. The summed E-state index contributed by atoms with van der Waals surface area (Å²) in [6.07, 6.45) is 2.47. The van der Waals surface area contributed by atoms with Crippen molar-refractivity contribution in [3.8, 4) is 0 Å². The average molecular weight is 447 g/mol. The molecule has 0 saturated carbocycles. The smallest absolute Gasteiger partial charge is 0.407 e. The number of hydrogen-bond acceptors (Lipinski definition) is 4. The summed E-state index contributed by atoms with van der Waals surface area (Å²) in [5.41, 5.74) is 1.29. The van der Waals surface area contributed by atoms with Gasteiger partial charge in [0.1, 0.15) is 5.60 Å². The Morgan fingerprint density at radius 2 is 1.81 bits per heavy atom. The lowest BCUT2D eigenvalue weighted by Crippen LogP contribution is -2.39. The van der Waals surface area contributed by atoms with Gasteiger partial charge in [0.15, 0.2) is 5.96 Å². The molecule has 1 heterocycles. The van der Waals surface area contributed by atoms with Crippen LogP contribution in [-0.2, 0) is 11.3 Å². The van der Waals surface area contributed by atoms with Gasteiger partial charge in [-0.25, -0.2) is 14.6 Å². The van der Waals surface area contributed by atoms with Crippen molar-refractivity contribution < 1.29 is 14.3 Å². The molecule has 1 fully saturated rings. The van der Waals surface area contributed by atoms with Gasteiger partial charge in [-0.2, -0.15) is 0 Å². The fourth-order valence-corrected chi connectivity index (χ4v) is 3.18. The van der Waals surface area contributed by atoms with Crippen molar-refractivity contribution in [3.63, 3.8) is 0 Å². The summed E-state index contributed by atoms with van der Waals surface area (Å²) < 4.78 is 5.22. The van der Waals surface area contributed by atoms with Crippen LogP contribution in [0, 0.1) is 0 Å². The van der Waals surface area contributed by atoms with Crippen molar-refractivity contribution >= 4 is 23.8 Å². The van der Waals surface area contributed by atoms with Crippen molar-refractivity contribution in [1.29, 1.82) is 0 Å². The highest BCUT2D eigenvalue weighted by Gasteiger charge is 2.18. The van der Waals surface area contributed by atoms with Crippen molar-refractivity contribution in [2.75, 3.05) is 38.0 Å². The Balaban J connectivity index is 1.78. The molecule has 1 aromatic rings. The number of guanidine groups is 1. The molecule has 2 rings (SSSR count). The SMILES string of the molecule is CCNC(=NCc1cccc(NC(=O)N2CCCC2)c1)NCCCNC(=O)OC(C)(C)C.